The zero-order valence-corrected chi connectivity index (χ0v) is 10.4. The van der Waals surface area contributed by atoms with Gasteiger partial charge in [0.1, 0.15) is 0 Å². The summed E-state index contributed by atoms with van der Waals surface area (Å²) < 4.78 is 38.7. The van der Waals surface area contributed by atoms with Gasteiger partial charge in [-0.25, -0.2) is 13.2 Å². The Labute approximate surface area is 104 Å². The molecule has 0 amide bonds. The Bertz CT molecular complexity index is 441. The number of nitriles is 1. The van der Waals surface area contributed by atoms with E-state index in [4.69, 9.17) is 5.26 Å². The van der Waals surface area contributed by atoms with Gasteiger partial charge in [0, 0.05) is 30.8 Å². The van der Waals surface area contributed by atoms with Gasteiger partial charge in [-0.15, -0.1) is 0 Å². The molecular weight excluding hydrogens is 241 g/mol. The topological polar surface area (TPSA) is 35.8 Å². The molecule has 0 bridgehead atoms. The molecule has 1 rings (SSSR count). The van der Waals surface area contributed by atoms with E-state index in [1.807, 2.05) is 13.8 Å². The molecule has 0 heterocycles. The van der Waals surface area contributed by atoms with Crippen LogP contribution in [0.4, 0.5) is 18.9 Å². The van der Waals surface area contributed by atoms with E-state index in [0.29, 0.717) is 19.4 Å². The first kappa shape index (κ1) is 14.4. The molecule has 1 aromatic rings. The Balaban J connectivity index is 2.67. The third-order valence-corrected chi connectivity index (χ3v) is 2.67. The van der Waals surface area contributed by atoms with Crippen LogP contribution in [0.2, 0.25) is 0 Å². The van der Waals surface area contributed by atoms with Crippen LogP contribution in [0.1, 0.15) is 26.7 Å². The maximum Gasteiger partial charge on any atom is 0.194 e. The van der Waals surface area contributed by atoms with E-state index >= 15 is 0 Å². The number of halogens is 3. The zero-order chi connectivity index (χ0) is 13.8. The number of hydrogen-bond donors (Lipinski definition) is 1. The first-order chi connectivity index (χ1) is 8.35. The van der Waals surface area contributed by atoms with Gasteiger partial charge in [-0.05, 0) is 11.8 Å². The van der Waals surface area contributed by atoms with Crippen LogP contribution in [0.3, 0.4) is 0 Å². The summed E-state index contributed by atoms with van der Waals surface area (Å²) >= 11 is 0. The summed E-state index contributed by atoms with van der Waals surface area (Å²) in [5.74, 6) is -3.90. The van der Waals surface area contributed by atoms with E-state index in [-0.39, 0.29) is 11.1 Å². The van der Waals surface area contributed by atoms with Crippen molar-refractivity contribution in [2.45, 2.75) is 26.7 Å². The molecule has 98 valence electrons. The third-order valence-electron chi connectivity index (χ3n) is 2.67. The molecule has 2 nitrogen and oxygen atoms in total. The summed E-state index contributed by atoms with van der Waals surface area (Å²) in [5, 5.41) is 11.4. The molecule has 0 spiro atoms. The lowest BCUT2D eigenvalue weighted by Gasteiger charge is -2.24. The average Bonchev–Trinajstić information content (AvgIpc) is 2.31. The Morgan fingerprint density at radius 2 is 1.78 bits per heavy atom. The Morgan fingerprint density at radius 1 is 1.22 bits per heavy atom. The van der Waals surface area contributed by atoms with Crippen LogP contribution in [0.15, 0.2) is 12.1 Å². The number of hydrogen-bond acceptors (Lipinski definition) is 2. The largest absolute Gasteiger partial charge is 0.384 e. The number of nitrogens with zero attached hydrogens (tertiary/aromatic N) is 1. The van der Waals surface area contributed by atoms with E-state index in [2.05, 4.69) is 11.4 Å². The molecule has 0 saturated heterocycles. The van der Waals surface area contributed by atoms with Crippen molar-refractivity contribution in [1.82, 2.24) is 0 Å². The minimum Gasteiger partial charge on any atom is -0.384 e. The highest BCUT2D eigenvalue weighted by molar-refractivity contribution is 5.44. The molecule has 0 unspecified atom stereocenters. The van der Waals surface area contributed by atoms with Crippen LogP contribution in [-0.4, -0.2) is 6.54 Å². The van der Waals surface area contributed by atoms with Gasteiger partial charge in [0.25, 0.3) is 0 Å². The lowest BCUT2D eigenvalue weighted by Crippen LogP contribution is -2.23. The summed E-state index contributed by atoms with van der Waals surface area (Å²) in [5.41, 5.74) is 0.00768. The van der Waals surface area contributed by atoms with Crippen molar-refractivity contribution < 1.29 is 13.2 Å². The number of rotatable bonds is 5. The highest BCUT2D eigenvalue weighted by atomic mass is 19.2. The monoisotopic (exact) mass is 256 g/mol. The van der Waals surface area contributed by atoms with E-state index in [1.165, 1.54) is 0 Å². The van der Waals surface area contributed by atoms with Crippen LogP contribution >= 0.6 is 0 Å². The lowest BCUT2D eigenvalue weighted by molar-refractivity contribution is 0.363. The SMILES string of the molecule is CC(C)(CCC#N)CNc1cc(F)c(F)c(F)c1. The molecule has 0 radical (unpaired) electrons. The second-order valence-electron chi connectivity index (χ2n) is 4.93. The number of benzene rings is 1. The Hall–Kier alpha value is -1.70. The summed E-state index contributed by atoms with van der Waals surface area (Å²) in [7, 11) is 0. The first-order valence-corrected chi connectivity index (χ1v) is 5.61. The fourth-order valence-corrected chi connectivity index (χ4v) is 1.48. The second kappa shape index (κ2) is 5.76. The molecule has 0 aromatic heterocycles. The molecular formula is C13H15F3N2. The summed E-state index contributed by atoms with van der Waals surface area (Å²) in [6.07, 6.45) is 1.09. The van der Waals surface area contributed by atoms with E-state index in [0.717, 1.165) is 12.1 Å². The molecule has 0 aliphatic carbocycles. The molecule has 1 aromatic carbocycles. The predicted molar refractivity (Wildman–Crippen MR) is 63.4 cm³/mol. The van der Waals surface area contributed by atoms with Crippen molar-refractivity contribution in [1.29, 1.82) is 5.26 Å². The van der Waals surface area contributed by atoms with Gasteiger partial charge in [0.2, 0.25) is 0 Å². The summed E-state index contributed by atoms with van der Waals surface area (Å²) in [6.45, 7) is 4.32. The highest BCUT2D eigenvalue weighted by Crippen LogP contribution is 2.24. The smallest absolute Gasteiger partial charge is 0.194 e. The molecule has 0 fully saturated rings. The minimum absolute atomic E-state index is 0.183. The average molecular weight is 256 g/mol. The van der Waals surface area contributed by atoms with Gasteiger partial charge in [-0.2, -0.15) is 5.26 Å². The molecule has 0 aliphatic heterocycles. The predicted octanol–water partition coefficient (Wildman–Crippen LogP) is 3.85. The molecule has 0 saturated carbocycles. The number of anilines is 1. The Morgan fingerprint density at radius 3 is 2.28 bits per heavy atom. The van der Waals surface area contributed by atoms with E-state index in [9.17, 15) is 13.2 Å². The van der Waals surface area contributed by atoms with Gasteiger partial charge >= 0.3 is 0 Å². The molecule has 0 aliphatic rings. The van der Waals surface area contributed by atoms with Crippen molar-refractivity contribution in [2.24, 2.45) is 5.41 Å². The van der Waals surface area contributed by atoms with Crippen molar-refractivity contribution in [3.05, 3.63) is 29.6 Å². The van der Waals surface area contributed by atoms with Gasteiger partial charge in [-0.1, -0.05) is 13.8 Å². The number of nitrogens with one attached hydrogen (secondary N) is 1. The van der Waals surface area contributed by atoms with Crippen molar-refractivity contribution in [2.75, 3.05) is 11.9 Å². The summed E-state index contributed by atoms with van der Waals surface area (Å²) in [4.78, 5) is 0. The van der Waals surface area contributed by atoms with Crippen molar-refractivity contribution in [3.8, 4) is 6.07 Å². The first-order valence-electron chi connectivity index (χ1n) is 5.61. The lowest BCUT2D eigenvalue weighted by atomic mass is 9.88. The van der Waals surface area contributed by atoms with Gasteiger partial charge in [0.15, 0.2) is 17.5 Å². The van der Waals surface area contributed by atoms with Gasteiger partial charge in [0.05, 0.1) is 6.07 Å². The Kier molecular flexibility index (Phi) is 4.60. The van der Waals surface area contributed by atoms with E-state index < -0.39 is 17.5 Å². The van der Waals surface area contributed by atoms with Crippen LogP contribution in [0.25, 0.3) is 0 Å². The highest BCUT2D eigenvalue weighted by Gasteiger charge is 2.18. The maximum absolute atomic E-state index is 13.0. The second-order valence-corrected chi connectivity index (χ2v) is 4.93. The fraction of sp³-hybridized carbons (Fsp3) is 0.462. The molecule has 1 N–H and O–H groups in total. The molecule has 18 heavy (non-hydrogen) atoms. The van der Waals surface area contributed by atoms with Crippen LogP contribution in [-0.2, 0) is 0 Å². The van der Waals surface area contributed by atoms with Crippen molar-refractivity contribution in [3.63, 3.8) is 0 Å². The fourth-order valence-electron chi connectivity index (χ4n) is 1.48. The summed E-state index contributed by atoms with van der Waals surface area (Å²) in [6, 6.07) is 3.88. The van der Waals surface area contributed by atoms with Crippen LogP contribution in [0.5, 0.6) is 0 Å². The normalized spacial score (nSPS) is 11.1. The van der Waals surface area contributed by atoms with Crippen molar-refractivity contribution >= 4 is 5.69 Å². The van der Waals surface area contributed by atoms with Crippen LogP contribution < -0.4 is 5.32 Å². The molecule has 0 atom stereocenters. The maximum atomic E-state index is 13.0. The van der Waals surface area contributed by atoms with Gasteiger partial charge < -0.3 is 5.32 Å². The van der Waals surface area contributed by atoms with E-state index in [1.54, 1.807) is 0 Å². The zero-order valence-electron chi connectivity index (χ0n) is 10.4. The minimum atomic E-state index is -1.47. The van der Waals surface area contributed by atoms with Gasteiger partial charge in [-0.3, -0.25) is 0 Å². The standard InChI is InChI=1S/C13H15F3N2/c1-13(2,4-3-5-17)8-18-9-6-10(14)12(16)11(15)7-9/h6-7,18H,3-4,8H2,1-2H3. The molecule has 5 heteroatoms. The third kappa shape index (κ3) is 3.95. The quantitative estimate of drug-likeness (QED) is 0.812. The van der Waals surface area contributed by atoms with Crippen LogP contribution in [0, 0.1) is 34.2 Å².